The Morgan fingerprint density at radius 2 is 1.92 bits per heavy atom. The molecule has 1 aromatic carbocycles. The van der Waals surface area contributed by atoms with Crippen LogP contribution >= 0.6 is 12.4 Å². The number of benzene rings is 1. The smallest absolute Gasteiger partial charge is 0.251 e. The van der Waals surface area contributed by atoms with Crippen LogP contribution in [0.25, 0.3) is 0 Å². The fourth-order valence-electron chi connectivity index (χ4n) is 3.89. The monoisotopic (exact) mass is 365 g/mol. The highest BCUT2D eigenvalue weighted by molar-refractivity contribution is 5.97. The van der Waals surface area contributed by atoms with Gasteiger partial charge in [-0.1, -0.05) is 13.0 Å². The van der Waals surface area contributed by atoms with Crippen molar-refractivity contribution in [2.75, 3.05) is 11.9 Å². The van der Waals surface area contributed by atoms with Crippen LogP contribution in [-0.2, 0) is 4.79 Å². The number of fused-ring (bicyclic) bond motifs is 2. The lowest BCUT2D eigenvalue weighted by molar-refractivity contribution is -0.117. The zero-order valence-electron chi connectivity index (χ0n) is 14.7. The van der Waals surface area contributed by atoms with Crippen LogP contribution in [0.15, 0.2) is 24.3 Å². The highest BCUT2D eigenvalue weighted by Crippen LogP contribution is 2.32. The first-order valence-corrected chi connectivity index (χ1v) is 9.08. The molecule has 0 aromatic heterocycles. The first kappa shape index (κ1) is 19.7. The van der Waals surface area contributed by atoms with Crippen LogP contribution in [0.1, 0.15) is 55.8 Å². The molecule has 2 amide bonds. The van der Waals surface area contributed by atoms with Gasteiger partial charge in [-0.15, -0.1) is 12.4 Å². The van der Waals surface area contributed by atoms with Gasteiger partial charge in [0.2, 0.25) is 5.91 Å². The molecule has 0 saturated carbocycles. The Kier molecular flexibility index (Phi) is 7.26. The standard InChI is InChI=1S/C19H27N3O2.ClH/c1-2-8-20-19(24)14-4-3-5-15(12-14)22-18(23)11-13-9-16-6-7-17(10-13)21-16;/h3-5,12-13,16-17,21H,2,6-11H2,1H3,(H,20,24)(H,22,23);1H. The highest BCUT2D eigenvalue weighted by Gasteiger charge is 2.34. The molecule has 0 spiro atoms. The van der Waals surface area contributed by atoms with E-state index in [1.807, 2.05) is 13.0 Å². The van der Waals surface area contributed by atoms with Crippen LogP contribution in [0.5, 0.6) is 0 Å². The molecule has 0 radical (unpaired) electrons. The molecule has 2 heterocycles. The summed E-state index contributed by atoms with van der Waals surface area (Å²) in [7, 11) is 0. The molecule has 2 unspecified atom stereocenters. The number of anilines is 1. The molecule has 2 aliphatic rings. The molecule has 138 valence electrons. The predicted molar refractivity (Wildman–Crippen MR) is 102 cm³/mol. The quantitative estimate of drug-likeness (QED) is 0.725. The van der Waals surface area contributed by atoms with Gasteiger partial charge >= 0.3 is 0 Å². The molecule has 2 saturated heterocycles. The third-order valence-corrected chi connectivity index (χ3v) is 4.99. The minimum absolute atomic E-state index is 0. The molecule has 0 aliphatic carbocycles. The molecule has 2 fully saturated rings. The average Bonchev–Trinajstić information content (AvgIpc) is 2.91. The van der Waals surface area contributed by atoms with E-state index in [1.54, 1.807) is 18.2 Å². The van der Waals surface area contributed by atoms with E-state index >= 15 is 0 Å². The molecule has 3 N–H and O–H groups in total. The number of piperidine rings is 1. The van der Waals surface area contributed by atoms with Crippen LogP contribution in [0.4, 0.5) is 5.69 Å². The van der Waals surface area contributed by atoms with Crippen molar-refractivity contribution in [1.29, 1.82) is 0 Å². The van der Waals surface area contributed by atoms with E-state index in [-0.39, 0.29) is 24.2 Å². The van der Waals surface area contributed by atoms with Gasteiger partial charge in [-0.05, 0) is 56.2 Å². The van der Waals surface area contributed by atoms with Gasteiger partial charge in [0.25, 0.3) is 5.91 Å². The summed E-state index contributed by atoms with van der Waals surface area (Å²) in [6.45, 7) is 2.68. The van der Waals surface area contributed by atoms with E-state index < -0.39 is 0 Å². The van der Waals surface area contributed by atoms with Crippen molar-refractivity contribution in [3.63, 3.8) is 0 Å². The highest BCUT2D eigenvalue weighted by atomic mass is 35.5. The Labute approximate surface area is 155 Å². The van der Waals surface area contributed by atoms with Gasteiger partial charge < -0.3 is 16.0 Å². The van der Waals surface area contributed by atoms with Crippen molar-refractivity contribution in [1.82, 2.24) is 10.6 Å². The Morgan fingerprint density at radius 1 is 1.20 bits per heavy atom. The fourth-order valence-corrected chi connectivity index (χ4v) is 3.89. The Bertz CT molecular complexity index is 596. The summed E-state index contributed by atoms with van der Waals surface area (Å²) in [6, 6.07) is 8.36. The number of carbonyl (C=O) groups excluding carboxylic acids is 2. The summed E-state index contributed by atoms with van der Waals surface area (Å²) in [5, 5.41) is 9.41. The fraction of sp³-hybridized carbons (Fsp3) is 0.579. The summed E-state index contributed by atoms with van der Waals surface area (Å²) in [5.41, 5.74) is 1.28. The molecule has 6 heteroatoms. The molecule has 5 nitrogen and oxygen atoms in total. The van der Waals surface area contributed by atoms with Crippen molar-refractivity contribution < 1.29 is 9.59 Å². The summed E-state index contributed by atoms with van der Waals surface area (Å²) < 4.78 is 0. The van der Waals surface area contributed by atoms with Gasteiger partial charge in [0, 0.05) is 36.3 Å². The van der Waals surface area contributed by atoms with Gasteiger partial charge in [0.05, 0.1) is 0 Å². The zero-order chi connectivity index (χ0) is 16.9. The second kappa shape index (κ2) is 9.20. The summed E-state index contributed by atoms with van der Waals surface area (Å²) in [6.07, 6.45) is 6.17. The lowest BCUT2D eigenvalue weighted by Gasteiger charge is -2.28. The van der Waals surface area contributed by atoms with Crippen molar-refractivity contribution in [2.24, 2.45) is 5.92 Å². The third kappa shape index (κ3) is 5.44. The number of hydrogen-bond donors (Lipinski definition) is 3. The lowest BCUT2D eigenvalue weighted by atomic mass is 9.89. The average molecular weight is 366 g/mol. The molecular formula is C19H28ClN3O2. The van der Waals surface area contributed by atoms with Gasteiger partial charge in [-0.25, -0.2) is 0 Å². The number of amides is 2. The summed E-state index contributed by atoms with van der Waals surface area (Å²) >= 11 is 0. The van der Waals surface area contributed by atoms with Crippen LogP contribution in [0, 0.1) is 5.92 Å². The molecule has 2 atom stereocenters. The minimum atomic E-state index is -0.0946. The second-order valence-corrected chi connectivity index (χ2v) is 7.06. The number of hydrogen-bond acceptors (Lipinski definition) is 3. The van der Waals surface area contributed by atoms with Crippen LogP contribution in [-0.4, -0.2) is 30.4 Å². The van der Waals surface area contributed by atoms with E-state index in [4.69, 9.17) is 0 Å². The van der Waals surface area contributed by atoms with Gasteiger partial charge in [0.15, 0.2) is 0 Å². The Hall–Kier alpha value is -1.59. The van der Waals surface area contributed by atoms with E-state index in [1.165, 1.54) is 12.8 Å². The van der Waals surface area contributed by atoms with E-state index in [9.17, 15) is 9.59 Å². The maximum absolute atomic E-state index is 12.3. The lowest BCUT2D eigenvalue weighted by Crippen LogP contribution is -2.39. The molecular weight excluding hydrogens is 338 g/mol. The summed E-state index contributed by atoms with van der Waals surface area (Å²) in [4.78, 5) is 24.3. The number of rotatable bonds is 6. The van der Waals surface area contributed by atoms with Gasteiger partial charge in [-0.3, -0.25) is 9.59 Å². The summed E-state index contributed by atoms with van der Waals surface area (Å²) in [5.74, 6) is 0.426. The Balaban J connectivity index is 0.00000225. The predicted octanol–water partition coefficient (Wildman–Crippen LogP) is 3.11. The topological polar surface area (TPSA) is 70.2 Å². The van der Waals surface area contributed by atoms with Crippen LogP contribution in [0.3, 0.4) is 0 Å². The second-order valence-electron chi connectivity index (χ2n) is 7.06. The van der Waals surface area contributed by atoms with Crippen LogP contribution < -0.4 is 16.0 Å². The van der Waals surface area contributed by atoms with Crippen molar-refractivity contribution >= 4 is 29.9 Å². The first-order valence-electron chi connectivity index (χ1n) is 9.08. The minimum Gasteiger partial charge on any atom is -0.352 e. The third-order valence-electron chi connectivity index (χ3n) is 4.99. The molecule has 2 aliphatic heterocycles. The maximum atomic E-state index is 12.3. The first-order chi connectivity index (χ1) is 11.6. The Morgan fingerprint density at radius 3 is 2.60 bits per heavy atom. The maximum Gasteiger partial charge on any atom is 0.251 e. The normalized spacial score (nSPS) is 24.3. The zero-order valence-corrected chi connectivity index (χ0v) is 15.5. The van der Waals surface area contributed by atoms with Crippen LogP contribution in [0.2, 0.25) is 0 Å². The van der Waals surface area contributed by atoms with Crippen molar-refractivity contribution in [3.05, 3.63) is 29.8 Å². The van der Waals surface area contributed by atoms with Gasteiger partial charge in [0.1, 0.15) is 0 Å². The molecule has 1 aromatic rings. The van der Waals surface area contributed by atoms with E-state index in [0.29, 0.717) is 42.2 Å². The number of carbonyl (C=O) groups is 2. The van der Waals surface area contributed by atoms with Gasteiger partial charge in [-0.2, -0.15) is 0 Å². The number of nitrogens with one attached hydrogen (secondary N) is 3. The molecule has 2 bridgehead atoms. The molecule has 25 heavy (non-hydrogen) atoms. The SMILES string of the molecule is CCCNC(=O)c1cccc(NC(=O)CC2CC3CCC(C2)N3)c1.Cl. The molecule has 3 rings (SSSR count). The van der Waals surface area contributed by atoms with Crippen molar-refractivity contribution in [3.8, 4) is 0 Å². The number of halogens is 1. The van der Waals surface area contributed by atoms with E-state index in [0.717, 1.165) is 19.3 Å². The van der Waals surface area contributed by atoms with Crippen molar-refractivity contribution in [2.45, 2.75) is 57.5 Å². The van der Waals surface area contributed by atoms with E-state index in [2.05, 4.69) is 16.0 Å². The largest absolute Gasteiger partial charge is 0.352 e.